The molecule has 1 atom stereocenters. The van der Waals surface area contributed by atoms with E-state index in [1.807, 2.05) is 24.4 Å². The van der Waals surface area contributed by atoms with E-state index in [1.54, 1.807) is 12.3 Å². The lowest BCUT2D eigenvalue weighted by atomic mass is 10.2. The number of hydrogen-bond donors (Lipinski definition) is 1. The first-order valence-electron chi connectivity index (χ1n) is 6.44. The average Bonchev–Trinajstić information content (AvgIpc) is 2.95. The van der Waals surface area contributed by atoms with E-state index in [4.69, 9.17) is 27.6 Å². The van der Waals surface area contributed by atoms with Crippen LogP contribution >= 0.6 is 23.2 Å². The smallest absolute Gasteiger partial charge is 0.185 e. The summed E-state index contributed by atoms with van der Waals surface area (Å²) in [4.78, 5) is 0.0794. The van der Waals surface area contributed by atoms with E-state index in [9.17, 15) is 8.42 Å². The molecule has 0 saturated carbocycles. The van der Waals surface area contributed by atoms with Gasteiger partial charge in [0, 0.05) is 5.02 Å². The third-order valence-corrected chi connectivity index (χ3v) is 5.58. The number of benzene rings is 1. The van der Waals surface area contributed by atoms with E-state index in [0.29, 0.717) is 11.6 Å². The van der Waals surface area contributed by atoms with Gasteiger partial charge in [-0.25, -0.2) is 8.42 Å². The zero-order valence-electron chi connectivity index (χ0n) is 11.4. The van der Waals surface area contributed by atoms with Crippen molar-refractivity contribution in [2.45, 2.75) is 17.9 Å². The molecule has 0 saturated heterocycles. The summed E-state index contributed by atoms with van der Waals surface area (Å²) >= 11 is 11.8. The average molecular weight is 349 g/mol. The fourth-order valence-corrected chi connectivity index (χ4v) is 4.01. The van der Waals surface area contributed by atoms with E-state index in [1.165, 1.54) is 12.1 Å². The van der Waals surface area contributed by atoms with Crippen molar-refractivity contribution in [2.75, 3.05) is 12.3 Å². The third kappa shape index (κ3) is 4.23. The van der Waals surface area contributed by atoms with Gasteiger partial charge in [-0.1, -0.05) is 23.2 Å². The standard InChI is InChI=1S/C14H15Cl2NO3S/c1-10(13-3-2-7-20-13)17-6-8-21(18,19)14-9-11(15)4-5-12(14)16/h2-5,7,9-10,17H,6,8H2,1H3/p+1/t10-/m0/s1. The monoisotopic (exact) mass is 348 g/mol. The quantitative estimate of drug-likeness (QED) is 0.872. The van der Waals surface area contributed by atoms with Crippen molar-refractivity contribution in [1.82, 2.24) is 0 Å². The summed E-state index contributed by atoms with van der Waals surface area (Å²) in [6.07, 6.45) is 1.60. The van der Waals surface area contributed by atoms with Crippen LogP contribution in [0.1, 0.15) is 18.7 Å². The molecule has 21 heavy (non-hydrogen) atoms. The Morgan fingerprint density at radius 3 is 2.71 bits per heavy atom. The van der Waals surface area contributed by atoms with Gasteiger partial charge in [-0.05, 0) is 37.3 Å². The fourth-order valence-electron chi connectivity index (χ4n) is 1.97. The number of nitrogens with two attached hydrogens (primary N) is 1. The number of furan rings is 1. The first kappa shape index (κ1) is 16.4. The van der Waals surface area contributed by atoms with E-state index in [-0.39, 0.29) is 21.7 Å². The maximum Gasteiger partial charge on any atom is 0.185 e. The largest absolute Gasteiger partial charge is 0.463 e. The third-order valence-electron chi connectivity index (χ3n) is 3.13. The van der Waals surface area contributed by atoms with Crippen molar-refractivity contribution in [3.05, 3.63) is 52.4 Å². The molecule has 4 nitrogen and oxygen atoms in total. The lowest BCUT2D eigenvalue weighted by molar-refractivity contribution is -0.690. The summed E-state index contributed by atoms with van der Waals surface area (Å²) < 4.78 is 29.9. The predicted molar refractivity (Wildman–Crippen MR) is 82.4 cm³/mol. The molecule has 2 rings (SSSR count). The molecule has 114 valence electrons. The molecule has 7 heteroatoms. The molecule has 0 radical (unpaired) electrons. The lowest BCUT2D eigenvalue weighted by Gasteiger charge is -2.09. The minimum Gasteiger partial charge on any atom is -0.463 e. The van der Waals surface area contributed by atoms with Gasteiger partial charge < -0.3 is 9.73 Å². The minimum atomic E-state index is -3.46. The SMILES string of the molecule is C[C@H]([NH2+]CCS(=O)(=O)c1cc(Cl)ccc1Cl)c1ccco1. The van der Waals surface area contributed by atoms with Crippen LogP contribution in [0.4, 0.5) is 0 Å². The van der Waals surface area contributed by atoms with Gasteiger partial charge in [0.1, 0.15) is 11.8 Å². The van der Waals surface area contributed by atoms with Gasteiger partial charge in [0.25, 0.3) is 0 Å². The number of quaternary nitrogens is 1. The predicted octanol–water partition coefficient (Wildman–Crippen LogP) is 2.68. The van der Waals surface area contributed by atoms with Gasteiger partial charge in [-0.3, -0.25) is 0 Å². The van der Waals surface area contributed by atoms with E-state index >= 15 is 0 Å². The van der Waals surface area contributed by atoms with Crippen molar-refractivity contribution < 1.29 is 18.2 Å². The Morgan fingerprint density at radius 2 is 2.05 bits per heavy atom. The zero-order valence-corrected chi connectivity index (χ0v) is 13.8. The van der Waals surface area contributed by atoms with Crippen LogP contribution in [0.15, 0.2) is 45.9 Å². The Balaban J connectivity index is 2.00. The molecule has 1 aromatic heterocycles. The molecule has 0 aliphatic heterocycles. The normalized spacial score (nSPS) is 13.3. The second-order valence-corrected chi connectivity index (χ2v) is 7.64. The fraction of sp³-hybridized carbons (Fsp3) is 0.286. The molecule has 0 fully saturated rings. The van der Waals surface area contributed by atoms with E-state index in [2.05, 4.69) is 0 Å². The summed E-state index contributed by atoms with van der Waals surface area (Å²) in [5.74, 6) is 0.797. The first-order chi connectivity index (χ1) is 9.90. The molecular formula is C14H16Cl2NO3S+. The summed E-state index contributed by atoms with van der Waals surface area (Å²) in [5.41, 5.74) is 0. The Bertz CT molecular complexity index is 699. The van der Waals surface area contributed by atoms with Gasteiger partial charge in [0.05, 0.1) is 22.7 Å². The minimum absolute atomic E-state index is 0.0158. The van der Waals surface area contributed by atoms with Gasteiger partial charge in [-0.15, -0.1) is 0 Å². The van der Waals surface area contributed by atoms with Crippen LogP contribution in [0.2, 0.25) is 10.0 Å². The van der Waals surface area contributed by atoms with Gasteiger partial charge >= 0.3 is 0 Å². The molecule has 0 aliphatic carbocycles. The highest BCUT2D eigenvalue weighted by molar-refractivity contribution is 7.91. The Labute approximate surface area is 134 Å². The van der Waals surface area contributed by atoms with Crippen molar-refractivity contribution in [2.24, 2.45) is 0 Å². The zero-order chi connectivity index (χ0) is 15.5. The van der Waals surface area contributed by atoms with Crippen molar-refractivity contribution in [3.63, 3.8) is 0 Å². The van der Waals surface area contributed by atoms with E-state index in [0.717, 1.165) is 5.76 Å². The Kier molecular flexibility index (Phi) is 5.32. The summed E-state index contributed by atoms with van der Waals surface area (Å²) in [5, 5.41) is 2.46. The number of sulfone groups is 1. The topological polar surface area (TPSA) is 63.9 Å². The molecule has 0 unspecified atom stereocenters. The molecule has 2 N–H and O–H groups in total. The first-order valence-corrected chi connectivity index (χ1v) is 8.85. The number of halogens is 2. The maximum absolute atomic E-state index is 12.3. The maximum atomic E-state index is 12.3. The highest BCUT2D eigenvalue weighted by Gasteiger charge is 2.20. The summed E-state index contributed by atoms with van der Waals surface area (Å²) in [6.45, 7) is 2.37. The highest BCUT2D eigenvalue weighted by atomic mass is 35.5. The van der Waals surface area contributed by atoms with Crippen LogP contribution in [0.5, 0.6) is 0 Å². The lowest BCUT2D eigenvalue weighted by Crippen LogP contribution is -2.85. The molecule has 0 spiro atoms. The summed E-state index contributed by atoms with van der Waals surface area (Å²) in [6, 6.07) is 8.17. The van der Waals surface area contributed by atoms with Gasteiger partial charge in [0.15, 0.2) is 15.6 Å². The second kappa shape index (κ2) is 6.83. The molecule has 0 aliphatic rings. The van der Waals surface area contributed by atoms with Gasteiger partial charge in [-0.2, -0.15) is 0 Å². The molecule has 1 heterocycles. The van der Waals surface area contributed by atoms with Gasteiger partial charge in [0.2, 0.25) is 0 Å². The second-order valence-electron chi connectivity index (χ2n) is 4.72. The Hall–Kier alpha value is -1.01. The van der Waals surface area contributed by atoms with Crippen LogP contribution < -0.4 is 5.32 Å². The van der Waals surface area contributed by atoms with Crippen LogP contribution in [-0.2, 0) is 9.84 Å². The van der Waals surface area contributed by atoms with Crippen LogP contribution in [0.25, 0.3) is 0 Å². The Morgan fingerprint density at radius 1 is 1.29 bits per heavy atom. The molecule has 2 aromatic rings. The number of rotatable bonds is 6. The molecule has 1 aromatic carbocycles. The highest BCUT2D eigenvalue weighted by Crippen LogP contribution is 2.25. The van der Waals surface area contributed by atoms with Crippen molar-refractivity contribution in [3.8, 4) is 0 Å². The number of hydrogen-bond acceptors (Lipinski definition) is 3. The van der Waals surface area contributed by atoms with Crippen LogP contribution in [-0.4, -0.2) is 20.7 Å². The molecular weight excluding hydrogens is 333 g/mol. The van der Waals surface area contributed by atoms with Crippen LogP contribution in [0.3, 0.4) is 0 Å². The molecule has 0 bridgehead atoms. The van der Waals surface area contributed by atoms with Crippen molar-refractivity contribution in [1.29, 1.82) is 0 Å². The van der Waals surface area contributed by atoms with E-state index < -0.39 is 9.84 Å². The summed E-state index contributed by atoms with van der Waals surface area (Å²) in [7, 11) is -3.46. The molecule has 0 amide bonds. The van der Waals surface area contributed by atoms with Crippen LogP contribution in [0, 0.1) is 0 Å². The van der Waals surface area contributed by atoms with Crippen molar-refractivity contribution >= 4 is 33.0 Å².